The van der Waals surface area contributed by atoms with E-state index >= 15 is 0 Å². The Hall–Kier alpha value is -0.790. The number of benzene rings is 1. The van der Waals surface area contributed by atoms with Crippen LogP contribution in [0.5, 0.6) is 0 Å². The lowest BCUT2D eigenvalue weighted by molar-refractivity contribution is -0.193. The van der Waals surface area contributed by atoms with Crippen molar-refractivity contribution in [1.82, 2.24) is 10.2 Å². The van der Waals surface area contributed by atoms with Gasteiger partial charge in [0.1, 0.15) is 0 Å². The van der Waals surface area contributed by atoms with E-state index in [-0.39, 0.29) is 18.0 Å². The highest BCUT2D eigenvalue weighted by Crippen LogP contribution is 2.39. The molecule has 0 spiro atoms. The molecule has 1 saturated heterocycles. The molecule has 1 amide bonds. The summed E-state index contributed by atoms with van der Waals surface area (Å²) < 4.78 is 40.9. The van der Waals surface area contributed by atoms with E-state index < -0.39 is 23.5 Å². The molecule has 0 aliphatic carbocycles. The molecule has 1 aliphatic rings. The molecule has 0 unspecified atom stereocenters. The number of alkyl halides is 3. The number of nitrogens with one attached hydrogen (secondary N) is 1. The number of carbonyl (C=O) groups excluding carboxylic acids is 1. The highest BCUT2D eigenvalue weighted by Gasteiger charge is 2.50. The molecule has 1 N–H and O–H groups in total. The fraction of sp³-hybridized carbons (Fsp3) is 0.500. The summed E-state index contributed by atoms with van der Waals surface area (Å²) in [5, 5.41) is 2.93. The molecule has 2 rings (SSSR count). The van der Waals surface area contributed by atoms with Gasteiger partial charge in [-0.2, -0.15) is 13.2 Å². The Bertz CT molecular complexity index is 532. The van der Waals surface area contributed by atoms with E-state index in [1.54, 1.807) is 19.1 Å². The van der Waals surface area contributed by atoms with Crippen molar-refractivity contribution < 1.29 is 18.0 Å². The lowest BCUT2D eigenvalue weighted by Crippen LogP contribution is -2.61. The Morgan fingerprint density at radius 2 is 1.82 bits per heavy atom. The summed E-state index contributed by atoms with van der Waals surface area (Å²) in [6, 6.07) is 3.91. The smallest absolute Gasteiger partial charge is 0.329 e. The first-order chi connectivity index (χ1) is 9.65. The first-order valence-electron chi connectivity index (χ1n) is 6.45. The van der Waals surface area contributed by atoms with Gasteiger partial charge in [0.25, 0.3) is 0 Å². The second-order valence-electron chi connectivity index (χ2n) is 5.58. The minimum Gasteiger partial charge on any atom is -0.329 e. The average Bonchev–Trinajstić information content (AvgIpc) is 2.36. The normalized spacial score (nSPS) is 17.9. The van der Waals surface area contributed by atoms with E-state index in [9.17, 15) is 18.0 Å². The van der Waals surface area contributed by atoms with Gasteiger partial charge in [-0.3, -0.25) is 4.79 Å². The van der Waals surface area contributed by atoms with Crippen LogP contribution in [0.15, 0.2) is 28.7 Å². The SMILES string of the molecule is CN(C(=O)C1(C)CNC1)[C@@H](c1ccc(Br)cc1)C(F)(F)F.Cl. The molecule has 1 fully saturated rings. The molecule has 0 aromatic heterocycles. The molecule has 1 heterocycles. The number of amides is 1. The zero-order valence-electron chi connectivity index (χ0n) is 12.1. The van der Waals surface area contributed by atoms with E-state index in [0.717, 1.165) is 4.90 Å². The number of hydrogen-bond donors (Lipinski definition) is 1. The summed E-state index contributed by atoms with van der Waals surface area (Å²) in [6.45, 7) is 2.49. The third kappa shape index (κ3) is 3.75. The predicted molar refractivity (Wildman–Crippen MR) is 83.9 cm³/mol. The van der Waals surface area contributed by atoms with Crippen molar-refractivity contribution in [2.75, 3.05) is 20.1 Å². The third-order valence-electron chi connectivity index (χ3n) is 3.75. The van der Waals surface area contributed by atoms with Gasteiger partial charge in [0.2, 0.25) is 5.91 Å². The molecule has 1 atom stereocenters. The summed E-state index contributed by atoms with van der Waals surface area (Å²) in [5.74, 6) is -0.494. The van der Waals surface area contributed by atoms with Crippen LogP contribution in [0.25, 0.3) is 0 Å². The molecular weight excluding hydrogens is 385 g/mol. The molecule has 0 bridgehead atoms. The Labute approximate surface area is 141 Å². The fourth-order valence-corrected chi connectivity index (χ4v) is 2.74. The predicted octanol–water partition coefficient (Wildman–Crippen LogP) is 3.54. The van der Waals surface area contributed by atoms with Crippen molar-refractivity contribution in [2.24, 2.45) is 5.41 Å². The molecule has 8 heteroatoms. The Balaban J connectivity index is 0.00000242. The lowest BCUT2D eigenvalue weighted by Gasteiger charge is -2.42. The van der Waals surface area contributed by atoms with Crippen LogP contribution >= 0.6 is 28.3 Å². The molecule has 0 saturated carbocycles. The molecular formula is C14H17BrClF3N2O. The minimum absolute atomic E-state index is 0. The van der Waals surface area contributed by atoms with Crippen molar-refractivity contribution in [1.29, 1.82) is 0 Å². The maximum Gasteiger partial charge on any atom is 0.413 e. The van der Waals surface area contributed by atoms with E-state index in [4.69, 9.17) is 0 Å². The second-order valence-corrected chi connectivity index (χ2v) is 6.49. The quantitative estimate of drug-likeness (QED) is 0.840. The Kier molecular flexibility index (Phi) is 5.92. The summed E-state index contributed by atoms with van der Waals surface area (Å²) in [7, 11) is 1.21. The van der Waals surface area contributed by atoms with Gasteiger partial charge in [0.15, 0.2) is 6.04 Å². The highest BCUT2D eigenvalue weighted by molar-refractivity contribution is 9.10. The van der Waals surface area contributed by atoms with Crippen LogP contribution in [-0.2, 0) is 4.79 Å². The monoisotopic (exact) mass is 400 g/mol. The first-order valence-corrected chi connectivity index (χ1v) is 7.25. The van der Waals surface area contributed by atoms with Crippen molar-refractivity contribution in [3.05, 3.63) is 34.3 Å². The number of rotatable bonds is 3. The molecule has 1 aromatic carbocycles. The van der Waals surface area contributed by atoms with Crippen molar-refractivity contribution in [3.63, 3.8) is 0 Å². The second kappa shape index (κ2) is 6.76. The van der Waals surface area contributed by atoms with Gasteiger partial charge in [0, 0.05) is 24.6 Å². The lowest BCUT2D eigenvalue weighted by atomic mass is 9.82. The largest absolute Gasteiger partial charge is 0.413 e. The number of hydrogen-bond acceptors (Lipinski definition) is 2. The van der Waals surface area contributed by atoms with Crippen LogP contribution in [0.4, 0.5) is 13.2 Å². The molecule has 124 valence electrons. The summed E-state index contributed by atoms with van der Waals surface area (Å²) in [4.78, 5) is 13.2. The van der Waals surface area contributed by atoms with Gasteiger partial charge in [-0.15, -0.1) is 12.4 Å². The maximum atomic E-state index is 13.4. The van der Waals surface area contributed by atoms with Crippen molar-refractivity contribution in [3.8, 4) is 0 Å². The van der Waals surface area contributed by atoms with Gasteiger partial charge in [0.05, 0.1) is 5.41 Å². The van der Waals surface area contributed by atoms with Crippen LogP contribution in [0.1, 0.15) is 18.5 Å². The number of nitrogens with zero attached hydrogens (tertiary/aromatic N) is 1. The number of halogens is 5. The zero-order chi connectivity index (χ0) is 15.8. The van der Waals surface area contributed by atoms with Gasteiger partial charge in [-0.1, -0.05) is 28.1 Å². The Morgan fingerprint density at radius 3 is 2.18 bits per heavy atom. The molecule has 0 radical (unpaired) electrons. The minimum atomic E-state index is -4.52. The van der Waals surface area contributed by atoms with Crippen molar-refractivity contribution >= 4 is 34.2 Å². The van der Waals surface area contributed by atoms with Crippen molar-refractivity contribution in [2.45, 2.75) is 19.1 Å². The summed E-state index contributed by atoms with van der Waals surface area (Å²) in [5.41, 5.74) is -0.703. The molecule has 22 heavy (non-hydrogen) atoms. The van der Waals surface area contributed by atoms with Gasteiger partial charge < -0.3 is 10.2 Å². The standard InChI is InChI=1S/C14H16BrF3N2O.ClH/c1-13(7-19-8-13)12(21)20(2)11(14(16,17)18)9-3-5-10(15)6-4-9;/h3-6,11,19H,7-8H2,1-2H3;1H/t11-;/m0./s1. The molecule has 1 aromatic rings. The molecule has 3 nitrogen and oxygen atoms in total. The van der Waals surface area contributed by atoms with Crippen LogP contribution in [0, 0.1) is 5.41 Å². The van der Waals surface area contributed by atoms with Crippen LogP contribution < -0.4 is 5.32 Å². The fourth-order valence-electron chi connectivity index (χ4n) is 2.47. The van der Waals surface area contributed by atoms with Gasteiger partial charge >= 0.3 is 6.18 Å². The van der Waals surface area contributed by atoms with Gasteiger partial charge in [-0.05, 0) is 24.6 Å². The van der Waals surface area contributed by atoms with E-state index in [1.807, 2.05) is 0 Å². The Morgan fingerprint density at radius 1 is 1.32 bits per heavy atom. The first kappa shape index (κ1) is 19.3. The van der Waals surface area contributed by atoms with Gasteiger partial charge in [-0.25, -0.2) is 0 Å². The van der Waals surface area contributed by atoms with Crippen LogP contribution in [0.3, 0.4) is 0 Å². The zero-order valence-corrected chi connectivity index (χ0v) is 14.5. The van der Waals surface area contributed by atoms with Crippen LogP contribution in [-0.4, -0.2) is 37.1 Å². The number of carbonyl (C=O) groups is 1. The third-order valence-corrected chi connectivity index (χ3v) is 4.28. The van der Waals surface area contributed by atoms with E-state index in [2.05, 4.69) is 21.2 Å². The van der Waals surface area contributed by atoms with E-state index in [0.29, 0.717) is 17.6 Å². The summed E-state index contributed by atoms with van der Waals surface area (Å²) in [6.07, 6.45) is -4.52. The van der Waals surface area contributed by atoms with Crippen LogP contribution in [0.2, 0.25) is 0 Å². The average molecular weight is 402 g/mol. The highest BCUT2D eigenvalue weighted by atomic mass is 79.9. The summed E-state index contributed by atoms with van der Waals surface area (Å²) >= 11 is 3.19. The maximum absolute atomic E-state index is 13.4. The molecule has 1 aliphatic heterocycles. The topological polar surface area (TPSA) is 32.3 Å². The van der Waals surface area contributed by atoms with E-state index in [1.165, 1.54) is 19.2 Å².